The maximum atomic E-state index is 13.7. The standard InChI is InChI=1S/C32H52N6O9/c1-19(2)27(32(46)47-5)38(25(41)15-11-7-10-14-22-12-8-6-9-13-22)31(45)26(34)23(17-39)16-35-28(42)20(3)36-29(43)21(4)37-30(44)24(33)18-40/h6,8-9,12-13,19-21,23-24,26-27,39-40H,7,10-11,14-18,33-34H2,1-5H3,(H,35,42)(H,36,43)(H,37,44)/t20-,21-,23?,24+,26?,27?/m0/s1. The number of ether oxygens (including phenoxy) is 1. The van der Waals surface area contributed by atoms with Crippen molar-refractivity contribution in [3.05, 3.63) is 35.9 Å². The summed E-state index contributed by atoms with van der Waals surface area (Å²) in [6, 6.07) is 3.78. The number of unbranched alkanes of at least 4 members (excludes halogenated alkanes) is 2. The summed E-state index contributed by atoms with van der Waals surface area (Å²) in [6.07, 6.45) is 2.82. The highest BCUT2D eigenvalue weighted by Crippen LogP contribution is 2.19. The van der Waals surface area contributed by atoms with Gasteiger partial charge in [-0.2, -0.15) is 0 Å². The van der Waals surface area contributed by atoms with Crippen LogP contribution in [0.1, 0.15) is 58.9 Å². The number of carbonyl (C=O) groups is 6. The molecule has 0 radical (unpaired) electrons. The van der Waals surface area contributed by atoms with Gasteiger partial charge in [-0.15, -0.1) is 0 Å². The number of nitrogens with zero attached hydrogens (tertiary/aromatic N) is 1. The summed E-state index contributed by atoms with van der Waals surface area (Å²) in [5.74, 6) is -5.99. The van der Waals surface area contributed by atoms with Crippen molar-refractivity contribution in [1.29, 1.82) is 0 Å². The molecule has 0 aromatic heterocycles. The third-order valence-corrected chi connectivity index (χ3v) is 7.66. The average Bonchev–Trinajstić information content (AvgIpc) is 3.05. The molecule has 264 valence electrons. The molecule has 0 aliphatic rings. The van der Waals surface area contributed by atoms with E-state index in [1.165, 1.54) is 19.4 Å². The molecule has 5 amide bonds. The SMILES string of the molecule is COC(=O)C(C(C)C)N(C(=O)CCCCCc1ccccc1)C(=O)C(N)C(CO)CNC(=O)[C@H](C)NC(=O)[C@H](C)NC(=O)[C@H](N)CO. The van der Waals surface area contributed by atoms with Gasteiger partial charge in [-0.1, -0.05) is 50.6 Å². The van der Waals surface area contributed by atoms with E-state index < -0.39 is 90.8 Å². The van der Waals surface area contributed by atoms with Crippen LogP contribution < -0.4 is 27.4 Å². The number of methoxy groups -OCH3 is 1. The number of rotatable bonds is 20. The van der Waals surface area contributed by atoms with Crippen molar-refractivity contribution in [3.8, 4) is 0 Å². The van der Waals surface area contributed by atoms with E-state index in [9.17, 15) is 33.9 Å². The Kier molecular flexibility index (Phi) is 18.4. The number of imide groups is 1. The number of nitrogens with one attached hydrogen (secondary N) is 3. The topological polar surface area (TPSA) is 243 Å². The number of aryl methyl sites for hydroxylation is 1. The number of benzene rings is 1. The summed E-state index contributed by atoms with van der Waals surface area (Å²) in [7, 11) is 1.15. The summed E-state index contributed by atoms with van der Waals surface area (Å²) < 4.78 is 4.90. The van der Waals surface area contributed by atoms with Crippen LogP contribution in [0.5, 0.6) is 0 Å². The molecule has 0 aliphatic heterocycles. The molecule has 6 atom stereocenters. The van der Waals surface area contributed by atoms with Crippen LogP contribution in [0.4, 0.5) is 0 Å². The molecular formula is C32H52N6O9. The molecule has 3 unspecified atom stereocenters. The van der Waals surface area contributed by atoms with Gasteiger partial charge in [-0.3, -0.25) is 28.9 Å². The normalized spacial score (nSPS) is 14.9. The van der Waals surface area contributed by atoms with Crippen LogP contribution in [0, 0.1) is 11.8 Å². The van der Waals surface area contributed by atoms with Gasteiger partial charge in [0, 0.05) is 25.5 Å². The average molecular weight is 665 g/mol. The Morgan fingerprint density at radius 2 is 1.43 bits per heavy atom. The Hall–Kier alpha value is -3.92. The van der Waals surface area contributed by atoms with Crippen molar-refractivity contribution in [2.75, 3.05) is 26.9 Å². The van der Waals surface area contributed by atoms with E-state index in [0.29, 0.717) is 12.8 Å². The molecule has 1 aromatic rings. The Bertz CT molecular complexity index is 1180. The quantitative estimate of drug-likeness (QED) is 0.0640. The van der Waals surface area contributed by atoms with E-state index in [2.05, 4.69) is 16.0 Å². The summed E-state index contributed by atoms with van der Waals surface area (Å²) in [5.41, 5.74) is 12.8. The van der Waals surface area contributed by atoms with E-state index in [0.717, 1.165) is 24.9 Å². The van der Waals surface area contributed by atoms with Gasteiger partial charge in [0.1, 0.15) is 24.2 Å². The highest BCUT2D eigenvalue weighted by molar-refractivity contribution is 6.01. The number of carbonyl (C=O) groups excluding carboxylic acids is 6. The van der Waals surface area contributed by atoms with Crippen molar-refractivity contribution in [2.24, 2.45) is 23.3 Å². The predicted octanol–water partition coefficient (Wildman–Crippen LogP) is -1.28. The molecule has 1 rings (SSSR count). The minimum Gasteiger partial charge on any atom is -0.467 e. The second-order valence-electron chi connectivity index (χ2n) is 11.8. The molecule has 9 N–H and O–H groups in total. The zero-order valence-electron chi connectivity index (χ0n) is 27.9. The molecule has 0 saturated carbocycles. The number of aliphatic hydroxyl groups is 2. The lowest BCUT2D eigenvalue weighted by atomic mass is 9.95. The fourth-order valence-electron chi connectivity index (χ4n) is 4.68. The van der Waals surface area contributed by atoms with Gasteiger partial charge >= 0.3 is 5.97 Å². The van der Waals surface area contributed by atoms with Crippen LogP contribution in [0.25, 0.3) is 0 Å². The van der Waals surface area contributed by atoms with Crippen molar-refractivity contribution in [2.45, 2.75) is 90.0 Å². The first kappa shape index (κ1) is 41.1. The second kappa shape index (κ2) is 21.1. The monoisotopic (exact) mass is 664 g/mol. The van der Waals surface area contributed by atoms with Gasteiger partial charge in [0.05, 0.1) is 19.8 Å². The number of esters is 1. The lowest BCUT2D eigenvalue weighted by molar-refractivity contribution is -0.163. The first-order valence-electron chi connectivity index (χ1n) is 15.8. The van der Waals surface area contributed by atoms with Crippen molar-refractivity contribution in [3.63, 3.8) is 0 Å². The van der Waals surface area contributed by atoms with E-state index in [1.54, 1.807) is 13.8 Å². The number of hydrogen-bond acceptors (Lipinski definition) is 11. The van der Waals surface area contributed by atoms with E-state index in [4.69, 9.17) is 21.3 Å². The minimum atomic E-state index is -1.48. The molecule has 15 nitrogen and oxygen atoms in total. The van der Waals surface area contributed by atoms with Crippen LogP contribution in [0.3, 0.4) is 0 Å². The molecule has 0 aliphatic carbocycles. The summed E-state index contributed by atoms with van der Waals surface area (Å²) in [6.45, 7) is 4.51. The number of amides is 5. The smallest absolute Gasteiger partial charge is 0.329 e. The first-order valence-corrected chi connectivity index (χ1v) is 15.8. The van der Waals surface area contributed by atoms with Crippen molar-refractivity contribution in [1.82, 2.24) is 20.9 Å². The molecule has 0 fully saturated rings. The number of aliphatic hydroxyl groups excluding tert-OH is 2. The molecule has 0 heterocycles. The lowest BCUT2D eigenvalue weighted by Crippen LogP contribution is -2.59. The molecule has 0 spiro atoms. The second-order valence-corrected chi connectivity index (χ2v) is 11.8. The maximum absolute atomic E-state index is 13.7. The fraction of sp³-hybridized carbons (Fsp3) is 0.625. The first-order chi connectivity index (χ1) is 22.2. The Labute approximate surface area is 276 Å². The van der Waals surface area contributed by atoms with Crippen LogP contribution >= 0.6 is 0 Å². The Balaban J connectivity index is 2.91. The van der Waals surface area contributed by atoms with Gasteiger partial charge in [0.2, 0.25) is 29.5 Å². The molecule has 0 saturated heterocycles. The maximum Gasteiger partial charge on any atom is 0.329 e. The lowest BCUT2D eigenvalue weighted by Gasteiger charge is -2.34. The molecule has 1 aromatic carbocycles. The van der Waals surface area contributed by atoms with Crippen LogP contribution in [-0.2, 0) is 39.9 Å². The Morgan fingerprint density at radius 3 is 1.98 bits per heavy atom. The van der Waals surface area contributed by atoms with Crippen molar-refractivity contribution >= 4 is 35.5 Å². The van der Waals surface area contributed by atoms with E-state index in [1.807, 2.05) is 30.3 Å². The molecule has 0 bridgehead atoms. The van der Waals surface area contributed by atoms with Crippen LogP contribution in [-0.4, -0.2) is 108 Å². The summed E-state index contributed by atoms with van der Waals surface area (Å²) in [4.78, 5) is 77.7. The molecular weight excluding hydrogens is 612 g/mol. The fourth-order valence-corrected chi connectivity index (χ4v) is 4.68. The summed E-state index contributed by atoms with van der Waals surface area (Å²) in [5, 5.41) is 26.3. The molecule has 15 heteroatoms. The highest BCUT2D eigenvalue weighted by Gasteiger charge is 2.41. The third kappa shape index (κ3) is 13.4. The van der Waals surface area contributed by atoms with Gasteiger partial charge in [0.15, 0.2) is 0 Å². The number of nitrogens with two attached hydrogens (primary N) is 2. The van der Waals surface area contributed by atoms with Gasteiger partial charge in [-0.05, 0) is 44.6 Å². The van der Waals surface area contributed by atoms with E-state index >= 15 is 0 Å². The van der Waals surface area contributed by atoms with Crippen LogP contribution in [0.15, 0.2) is 30.3 Å². The molecule has 47 heavy (non-hydrogen) atoms. The Morgan fingerprint density at radius 1 is 0.830 bits per heavy atom. The van der Waals surface area contributed by atoms with Crippen molar-refractivity contribution < 1.29 is 43.7 Å². The zero-order valence-corrected chi connectivity index (χ0v) is 27.9. The van der Waals surface area contributed by atoms with Gasteiger partial charge in [0.25, 0.3) is 0 Å². The van der Waals surface area contributed by atoms with Crippen LogP contribution in [0.2, 0.25) is 0 Å². The minimum absolute atomic E-state index is 0.0178. The number of hydrogen-bond donors (Lipinski definition) is 7. The zero-order chi connectivity index (χ0) is 35.7. The largest absolute Gasteiger partial charge is 0.467 e. The van der Waals surface area contributed by atoms with Gasteiger partial charge < -0.3 is 42.4 Å². The third-order valence-electron chi connectivity index (χ3n) is 7.66. The summed E-state index contributed by atoms with van der Waals surface area (Å²) >= 11 is 0. The predicted molar refractivity (Wildman–Crippen MR) is 173 cm³/mol. The highest BCUT2D eigenvalue weighted by atomic mass is 16.5. The van der Waals surface area contributed by atoms with E-state index in [-0.39, 0.29) is 13.0 Å². The van der Waals surface area contributed by atoms with Gasteiger partial charge in [-0.25, -0.2) is 4.79 Å².